The molecule has 0 unspecified atom stereocenters. The van der Waals surface area contributed by atoms with Crippen LogP contribution in [-0.2, 0) is 24.9 Å². The Balaban J connectivity index is 0.000000264. The van der Waals surface area contributed by atoms with Crippen molar-refractivity contribution in [3.05, 3.63) is 54.7 Å². The van der Waals surface area contributed by atoms with Crippen LogP contribution in [0.2, 0.25) is 0 Å². The fourth-order valence-electron chi connectivity index (χ4n) is 1.79. The van der Waals surface area contributed by atoms with E-state index in [1.807, 2.05) is 12.1 Å². The molecule has 6 heteroatoms. The van der Waals surface area contributed by atoms with Crippen LogP contribution >= 0.6 is 0 Å². The summed E-state index contributed by atoms with van der Waals surface area (Å²) in [7, 11) is 0. The van der Waals surface area contributed by atoms with Crippen LogP contribution in [0.4, 0.5) is 0 Å². The number of rotatable bonds is 1. The van der Waals surface area contributed by atoms with E-state index in [2.05, 4.69) is 21.0 Å². The number of pyridine rings is 3. The number of aromatic nitrogens is 3. The van der Waals surface area contributed by atoms with Gasteiger partial charge in [-0.05, 0) is 25.3 Å². The van der Waals surface area contributed by atoms with Crippen molar-refractivity contribution in [3.8, 4) is 0 Å². The average molecular weight is 473 g/mol. The van der Waals surface area contributed by atoms with E-state index in [9.17, 15) is 4.79 Å². The SMILES string of the molecule is CC(=O)C=C(C)O.[Ir].[c-]1ccnc2ncc3cccnc3c12. The van der Waals surface area contributed by atoms with Gasteiger partial charge < -0.3 is 15.1 Å². The zero-order chi connectivity index (χ0) is 15.2. The zero-order valence-corrected chi connectivity index (χ0v) is 14.5. The third kappa shape index (κ3) is 4.69. The van der Waals surface area contributed by atoms with Crippen molar-refractivity contribution in [2.75, 3.05) is 0 Å². The molecule has 3 aromatic rings. The maximum absolute atomic E-state index is 10.0. The molecule has 0 bridgehead atoms. The molecule has 5 nitrogen and oxygen atoms in total. The number of carbonyl (C=O) groups is 1. The van der Waals surface area contributed by atoms with Crippen LogP contribution in [0.3, 0.4) is 0 Å². The number of aliphatic hydroxyl groups excluding tert-OH is 1. The Kier molecular flexibility index (Phi) is 6.76. The monoisotopic (exact) mass is 473 g/mol. The number of hydrogen-bond acceptors (Lipinski definition) is 5. The Bertz CT molecular complexity index is 760. The second kappa shape index (κ2) is 8.32. The topological polar surface area (TPSA) is 76.0 Å². The van der Waals surface area contributed by atoms with Crippen LogP contribution in [0, 0.1) is 6.07 Å². The van der Waals surface area contributed by atoms with Crippen molar-refractivity contribution in [2.24, 2.45) is 0 Å². The molecule has 0 atom stereocenters. The van der Waals surface area contributed by atoms with Crippen molar-refractivity contribution < 1.29 is 30.0 Å². The zero-order valence-electron chi connectivity index (χ0n) is 12.1. The van der Waals surface area contributed by atoms with Crippen LogP contribution in [0.1, 0.15) is 13.8 Å². The number of allylic oxidation sites excluding steroid dienone is 2. The van der Waals surface area contributed by atoms with E-state index in [-0.39, 0.29) is 31.6 Å². The molecule has 115 valence electrons. The van der Waals surface area contributed by atoms with Crippen LogP contribution < -0.4 is 0 Å². The molecular weight excluding hydrogens is 458 g/mol. The summed E-state index contributed by atoms with van der Waals surface area (Å²) in [6.07, 6.45) is 6.40. The van der Waals surface area contributed by atoms with Crippen LogP contribution in [0.25, 0.3) is 21.9 Å². The Morgan fingerprint density at radius 3 is 2.64 bits per heavy atom. The fourth-order valence-corrected chi connectivity index (χ4v) is 1.79. The molecule has 0 saturated carbocycles. The number of ketones is 1. The van der Waals surface area contributed by atoms with Crippen molar-refractivity contribution in [3.63, 3.8) is 0 Å². The maximum Gasteiger partial charge on any atom is 0.155 e. The number of aliphatic hydroxyl groups is 1. The van der Waals surface area contributed by atoms with Gasteiger partial charge >= 0.3 is 0 Å². The summed E-state index contributed by atoms with van der Waals surface area (Å²) < 4.78 is 0. The van der Waals surface area contributed by atoms with E-state index in [1.54, 1.807) is 24.7 Å². The van der Waals surface area contributed by atoms with Crippen LogP contribution in [0.15, 0.2) is 48.6 Å². The van der Waals surface area contributed by atoms with Gasteiger partial charge in [0.05, 0.1) is 11.4 Å². The van der Waals surface area contributed by atoms with Crippen molar-refractivity contribution in [1.82, 2.24) is 15.0 Å². The van der Waals surface area contributed by atoms with Crippen LogP contribution in [-0.4, -0.2) is 25.8 Å². The predicted molar refractivity (Wildman–Crippen MR) is 80.7 cm³/mol. The summed E-state index contributed by atoms with van der Waals surface area (Å²) in [5.74, 6) is -0.0625. The van der Waals surface area contributed by atoms with Gasteiger partial charge in [0, 0.05) is 44.1 Å². The summed E-state index contributed by atoms with van der Waals surface area (Å²) in [6.45, 7) is 2.85. The predicted octanol–water partition coefficient (Wildman–Crippen LogP) is 3.01. The normalized spacial score (nSPS) is 10.5. The first-order valence-electron chi connectivity index (χ1n) is 6.32. The Morgan fingerprint density at radius 2 is 2.00 bits per heavy atom. The Labute approximate surface area is 141 Å². The second-order valence-corrected chi connectivity index (χ2v) is 4.38. The van der Waals surface area contributed by atoms with Gasteiger partial charge in [-0.15, -0.1) is 12.1 Å². The molecule has 0 aliphatic rings. The molecule has 22 heavy (non-hydrogen) atoms. The van der Waals surface area contributed by atoms with Crippen molar-refractivity contribution in [1.29, 1.82) is 0 Å². The Morgan fingerprint density at radius 1 is 1.23 bits per heavy atom. The van der Waals surface area contributed by atoms with Gasteiger partial charge in [-0.25, -0.2) is 0 Å². The minimum absolute atomic E-state index is 0. The molecule has 0 aliphatic heterocycles. The third-order valence-electron chi connectivity index (χ3n) is 2.54. The summed E-state index contributed by atoms with van der Waals surface area (Å²) in [4.78, 5) is 22.7. The van der Waals surface area contributed by atoms with E-state index >= 15 is 0 Å². The van der Waals surface area contributed by atoms with Crippen LogP contribution in [0.5, 0.6) is 0 Å². The number of nitrogens with zero attached hydrogens (tertiary/aromatic N) is 3. The molecule has 0 amide bonds. The molecule has 1 radical (unpaired) electrons. The molecule has 0 spiro atoms. The van der Waals surface area contributed by atoms with Gasteiger partial charge in [0.2, 0.25) is 0 Å². The summed E-state index contributed by atoms with van der Waals surface area (Å²) in [5, 5.41) is 10.3. The van der Waals surface area contributed by atoms with Gasteiger partial charge in [-0.3, -0.25) is 9.78 Å². The molecule has 3 aromatic heterocycles. The fraction of sp³-hybridized carbons (Fsp3) is 0.125. The smallest absolute Gasteiger partial charge is 0.155 e. The van der Waals surface area contributed by atoms with Gasteiger partial charge in [-0.2, -0.15) is 0 Å². The molecule has 3 heterocycles. The standard InChI is InChI=1S/C11H6N3.C5H8O2.Ir/c1-3-8-7-14-11-9(4-2-6-13-11)10(8)12-5-1;1-4(6)3-5(2)7;/h1-3,5-7H;3,6H,1-2H3;/q-1;;. The van der Waals surface area contributed by atoms with E-state index in [1.165, 1.54) is 19.9 Å². The number of hydrogen-bond donors (Lipinski definition) is 1. The van der Waals surface area contributed by atoms with Gasteiger partial charge in [0.1, 0.15) is 0 Å². The first kappa shape index (κ1) is 17.9. The summed E-state index contributed by atoms with van der Waals surface area (Å²) in [6, 6.07) is 8.76. The van der Waals surface area contributed by atoms with Gasteiger partial charge in [-0.1, -0.05) is 17.6 Å². The van der Waals surface area contributed by atoms with E-state index in [0.29, 0.717) is 5.65 Å². The minimum atomic E-state index is -0.125. The Hall–Kier alpha value is -2.17. The average Bonchev–Trinajstić information content (AvgIpc) is 2.46. The van der Waals surface area contributed by atoms with Gasteiger partial charge in [0.15, 0.2) is 5.78 Å². The molecule has 0 aliphatic carbocycles. The van der Waals surface area contributed by atoms with E-state index in [0.717, 1.165) is 16.3 Å². The summed E-state index contributed by atoms with van der Waals surface area (Å²) in [5.41, 5.74) is 1.60. The number of fused-ring (bicyclic) bond motifs is 3. The maximum atomic E-state index is 10.0. The van der Waals surface area contributed by atoms with Gasteiger partial charge in [0.25, 0.3) is 0 Å². The third-order valence-corrected chi connectivity index (χ3v) is 2.54. The number of carbonyl (C=O) groups excluding carboxylic acids is 1. The van der Waals surface area contributed by atoms with E-state index < -0.39 is 0 Å². The molecule has 1 N–H and O–H groups in total. The molecule has 3 rings (SSSR count). The van der Waals surface area contributed by atoms with Crippen molar-refractivity contribution >= 4 is 27.7 Å². The first-order chi connectivity index (χ1) is 10.1. The van der Waals surface area contributed by atoms with Crippen molar-refractivity contribution in [2.45, 2.75) is 13.8 Å². The molecule has 0 aromatic carbocycles. The molecule has 0 fully saturated rings. The largest absolute Gasteiger partial charge is 0.512 e. The first-order valence-corrected chi connectivity index (χ1v) is 6.32. The molecular formula is C16H14IrN3O2-. The second-order valence-electron chi connectivity index (χ2n) is 4.38. The minimum Gasteiger partial charge on any atom is -0.512 e. The quantitative estimate of drug-likeness (QED) is 0.255. The molecule has 0 saturated heterocycles. The van der Waals surface area contributed by atoms with E-state index in [4.69, 9.17) is 5.11 Å². The summed E-state index contributed by atoms with van der Waals surface area (Å²) >= 11 is 0.